The SMILES string of the molecule is CC(C)C[C@H](NC(=O)C(C)(CS)c1ccccc1)C(=O)O. The van der Waals surface area contributed by atoms with E-state index < -0.39 is 17.4 Å². The molecule has 1 aromatic rings. The Morgan fingerprint density at radius 2 is 1.86 bits per heavy atom. The number of carbonyl (C=O) groups excluding carboxylic acids is 1. The molecule has 0 aliphatic rings. The second-order valence-corrected chi connectivity index (χ2v) is 6.17. The van der Waals surface area contributed by atoms with Crippen molar-refractivity contribution in [1.29, 1.82) is 0 Å². The zero-order chi connectivity index (χ0) is 16.0. The van der Waals surface area contributed by atoms with E-state index in [0.29, 0.717) is 12.2 Å². The number of carbonyl (C=O) groups is 2. The predicted molar refractivity (Wildman–Crippen MR) is 86.7 cm³/mol. The summed E-state index contributed by atoms with van der Waals surface area (Å²) in [5, 5.41) is 11.9. The number of hydrogen-bond donors (Lipinski definition) is 3. The van der Waals surface area contributed by atoms with Crippen LogP contribution in [0.4, 0.5) is 0 Å². The molecular weight excluding hydrogens is 286 g/mol. The van der Waals surface area contributed by atoms with E-state index in [9.17, 15) is 14.7 Å². The Bertz CT molecular complexity index is 490. The Balaban J connectivity index is 2.95. The number of carboxylic acids is 1. The number of thiol groups is 1. The highest BCUT2D eigenvalue weighted by Gasteiger charge is 2.36. The largest absolute Gasteiger partial charge is 0.480 e. The molecule has 0 radical (unpaired) electrons. The fourth-order valence-electron chi connectivity index (χ4n) is 2.11. The molecule has 1 amide bonds. The number of carboxylic acid groups (broad SMARTS) is 1. The fraction of sp³-hybridized carbons (Fsp3) is 0.500. The van der Waals surface area contributed by atoms with Crippen molar-refractivity contribution < 1.29 is 14.7 Å². The number of benzene rings is 1. The van der Waals surface area contributed by atoms with E-state index in [-0.39, 0.29) is 11.8 Å². The first-order valence-corrected chi connectivity index (χ1v) is 7.64. The zero-order valence-corrected chi connectivity index (χ0v) is 13.6. The summed E-state index contributed by atoms with van der Waals surface area (Å²) in [6, 6.07) is 8.42. The van der Waals surface area contributed by atoms with E-state index in [0.717, 1.165) is 5.56 Å². The average Bonchev–Trinajstić information content (AvgIpc) is 2.45. The van der Waals surface area contributed by atoms with Gasteiger partial charge in [0.2, 0.25) is 5.91 Å². The first-order chi connectivity index (χ1) is 9.81. The van der Waals surface area contributed by atoms with Gasteiger partial charge in [-0.05, 0) is 24.8 Å². The van der Waals surface area contributed by atoms with Crippen LogP contribution in [-0.4, -0.2) is 28.8 Å². The smallest absolute Gasteiger partial charge is 0.326 e. The summed E-state index contributed by atoms with van der Waals surface area (Å²) in [7, 11) is 0. The van der Waals surface area contributed by atoms with Crippen LogP contribution in [0.25, 0.3) is 0 Å². The van der Waals surface area contributed by atoms with Crippen LogP contribution in [0, 0.1) is 5.92 Å². The quantitative estimate of drug-likeness (QED) is 0.678. The standard InChI is InChI=1S/C16H23NO3S/c1-11(2)9-13(14(18)19)17-15(20)16(3,10-21)12-7-5-4-6-8-12/h4-8,11,13,21H,9-10H2,1-3H3,(H,17,20)(H,18,19)/t13-,16?/m0/s1. The molecule has 2 atom stereocenters. The maximum atomic E-state index is 12.6. The molecule has 0 bridgehead atoms. The minimum Gasteiger partial charge on any atom is -0.480 e. The van der Waals surface area contributed by atoms with Gasteiger partial charge in [0, 0.05) is 5.75 Å². The molecule has 2 N–H and O–H groups in total. The molecule has 0 saturated heterocycles. The topological polar surface area (TPSA) is 66.4 Å². The third-order valence-corrected chi connectivity index (χ3v) is 4.17. The number of aliphatic carboxylic acids is 1. The number of rotatable bonds is 7. The summed E-state index contributed by atoms with van der Waals surface area (Å²) in [5.41, 5.74) is -0.0270. The summed E-state index contributed by atoms with van der Waals surface area (Å²) in [6.45, 7) is 5.63. The molecule has 0 spiro atoms. The van der Waals surface area contributed by atoms with Crippen LogP contribution < -0.4 is 5.32 Å². The van der Waals surface area contributed by atoms with Gasteiger partial charge in [0.15, 0.2) is 0 Å². The molecule has 1 rings (SSSR count). The summed E-state index contributed by atoms with van der Waals surface area (Å²) in [4.78, 5) is 23.9. The van der Waals surface area contributed by atoms with Crippen molar-refractivity contribution in [3.05, 3.63) is 35.9 Å². The third kappa shape index (κ3) is 4.49. The maximum Gasteiger partial charge on any atom is 0.326 e. The molecule has 0 saturated carbocycles. The van der Waals surface area contributed by atoms with Crippen LogP contribution in [0.5, 0.6) is 0 Å². The molecule has 0 aromatic heterocycles. The van der Waals surface area contributed by atoms with Gasteiger partial charge >= 0.3 is 5.97 Å². The second kappa shape index (κ2) is 7.50. The first kappa shape index (κ1) is 17.6. The van der Waals surface area contributed by atoms with Crippen LogP contribution in [0.2, 0.25) is 0 Å². The monoisotopic (exact) mass is 309 g/mol. The van der Waals surface area contributed by atoms with Gasteiger partial charge in [0.1, 0.15) is 6.04 Å². The second-order valence-electron chi connectivity index (χ2n) is 5.85. The van der Waals surface area contributed by atoms with Gasteiger partial charge in [0.25, 0.3) is 0 Å². The van der Waals surface area contributed by atoms with Gasteiger partial charge in [-0.1, -0.05) is 44.2 Å². The van der Waals surface area contributed by atoms with Crippen molar-refractivity contribution in [1.82, 2.24) is 5.32 Å². The van der Waals surface area contributed by atoms with E-state index >= 15 is 0 Å². The van der Waals surface area contributed by atoms with E-state index in [1.165, 1.54) is 0 Å². The van der Waals surface area contributed by atoms with Gasteiger partial charge in [-0.2, -0.15) is 12.6 Å². The lowest BCUT2D eigenvalue weighted by molar-refractivity contribution is -0.143. The highest BCUT2D eigenvalue weighted by Crippen LogP contribution is 2.26. The van der Waals surface area contributed by atoms with Crippen LogP contribution in [-0.2, 0) is 15.0 Å². The minimum absolute atomic E-state index is 0.186. The zero-order valence-electron chi connectivity index (χ0n) is 12.7. The molecular formula is C16H23NO3S. The molecule has 0 aliphatic carbocycles. The van der Waals surface area contributed by atoms with Crippen molar-refractivity contribution >= 4 is 24.5 Å². The van der Waals surface area contributed by atoms with E-state index in [1.54, 1.807) is 6.92 Å². The van der Waals surface area contributed by atoms with Crippen LogP contribution >= 0.6 is 12.6 Å². The van der Waals surface area contributed by atoms with E-state index in [4.69, 9.17) is 0 Å². The summed E-state index contributed by atoms with van der Waals surface area (Å²) in [5.74, 6) is -0.828. The molecule has 1 unspecified atom stereocenters. The highest BCUT2D eigenvalue weighted by atomic mass is 32.1. The fourth-order valence-corrected chi connectivity index (χ4v) is 2.44. The Hall–Kier alpha value is -1.49. The first-order valence-electron chi connectivity index (χ1n) is 7.01. The lowest BCUT2D eigenvalue weighted by Crippen LogP contribution is -2.50. The van der Waals surface area contributed by atoms with Crippen molar-refractivity contribution in [2.24, 2.45) is 5.92 Å². The Morgan fingerprint density at radius 3 is 2.29 bits per heavy atom. The maximum absolute atomic E-state index is 12.6. The van der Waals surface area contributed by atoms with Crippen molar-refractivity contribution in [2.75, 3.05) is 5.75 Å². The van der Waals surface area contributed by atoms with Gasteiger partial charge in [-0.3, -0.25) is 4.79 Å². The average molecular weight is 309 g/mol. The van der Waals surface area contributed by atoms with Crippen LogP contribution in [0.1, 0.15) is 32.8 Å². The lowest BCUT2D eigenvalue weighted by atomic mass is 9.83. The van der Waals surface area contributed by atoms with Gasteiger partial charge in [-0.25, -0.2) is 4.79 Å². The van der Waals surface area contributed by atoms with Crippen LogP contribution in [0.3, 0.4) is 0 Å². The van der Waals surface area contributed by atoms with Crippen LogP contribution in [0.15, 0.2) is 30.3 Å². The number of amides is 1. The lowest BCUT2D eigenvalue weighted by Gasteiger charge is -2.29. The predicted octanol–water partition coefficient (Wildman–Crippen LogP) is 2.49. The summed E-state index contributed by atoms with van der Waals surface area (Å²) < 4.78 is 0. The van der Waals surface area contributed by atoms with Crippen molar-refractivity contribution in [3.63, 3.8) is 0 Å². The third-order valence-electron chi connectivity index (χ3n) is 3.54. The normalized spacial score (nSPS) is 15.3. The molecule has 5 heteroatoms. The molecule has 21 heavy (non-hydrogen) atoms. The minimum atomic E-state index is -1.01. The molecule has 0 fully saturated rings. The summed E-state index contributed by atoms with van der Waals surface area (Å²) in [6.07, 6.45) is 0.401. The van der Waals surface area contributed by atoms with E-state index in [1.807, 2.05) is 44.2 Å². The summed E-state index contributed by atoms with van der Waals surface area (Å²) >= 11 is 4.29. The Morgan fingerprint density at radius 1 is 1.29 bits per heavy atom. The Labute approximate surface area is 131 Å². The van der Waals surface area contributed by atoms with Gasteiger partial charge < -0.3 is 10.4 Å². The van der Waals surface area contributed by atoms with Gasteiger partial charge in [-0.15, -0.1) is 0 Å². The molecule has 1 aromatic carbocycles. The number of nitrogens with one attached hydrogen (secondary N) is 1. The van der Waals surface area contributed by atoms with Crippen molar-refractivity contribution in [2.45, 2.75) is 38.6 Å². The highest BCUT2D eigenvalue weighted by molar-refractivity contribution is 7.80. The molecule has 0 heterocycles. The van der Waals surface area contributed by atoms with Gasteiger partial charge in [0.05, 0.1) is 5.41 Å². The molecule has 4 nitrogen and oxygen atoms in total. The van der Waals surface area contributed by atoms with E-state index in [2.05, 4.69) is 17.9 Å². The van der Waals surface area contributed by atoms with Crippen molar-refractivity contribution in [3.8, 4) is 0 Å². The Kier molecular flexibility index (Phi) is 6.27. The number of hydrogen-bond acceptors (Lipinski definition) is 3. The molecule has 116 valence electrons. The molecule has 0 aliphatic heterocycles.